The Bertz CT molecular complexity index is 1160. The van der Waals surface area contributed by atoms with Gasteiger partial charge in [-0.1, -0.05) is 37.7 Å². The average Bonchev–Trinajstić information content (AvgIpc) is 3.38. The third-order valence-corrected chi connectivity index (χ3v) is 6.40. The van der Waals surface area contributed by atoms with Crippen molar-refractivity contribution in [2.45, 2.75) is 44.2 Å². The molecule has 0 spiro atoms. The van der Waals surface area contributed by atoms with Crippen LogP contribution in [0.2, 0.25) is 0 Å². The summed E-state index contributed by atoms with van der Waals surface area (Å²) in [6.07, 6.45) is 3.42. The van der Waals surface area contributed by atoms with E-state index in [0.717, 1.165) is 27.6 Å². The van der Waals surface area contributed by atoms with Crippen molar-refractivity contribution in [1.82, 2.24) is 29.8 Å². The highest BCUT2D eigenvalue weighted by Gasteiger charge is 2.15. The van der Waals surface area contributed by atoms with Crippen molar-refractivity contribution in [3.8, 4) is 16.6 Å². The molecule has 160 valence electrons. The van der Waals surface area contributed by atoms with Crippen LogP contribution in [0.15, 0.2) is 47.2 Å². The summed E-state index contributed by atoms with van der Waals surface area (Å²) in [5.74, 6) is 9.24. The lowest BCUT2D eigenvalue weighted by Gasteiger charge is -2.14. The van der Waals surface area contributed by atoms with E-state index >= 15 is 0 Å². The van der Waals surface area contributed by atoms with Gasteiger partial charge in [0, 0.05) is 23.5 Å². The van der Waals surface area contributed by atoms with Crippen LogP contribution in [0.25, 0.3) is 10.8 Å². The summed E-state index contributed by atoms with van der Waals surface area (Å²) in [6, 6.07) is 8.02. The molecule has 10 heteroatoms. The monoisotopic (exact) mass is 453 g/mol. The van der Waals surface area contributed by atoms with Crippen LogP contribution in [0.1, 0.15) is 42.4 Å². The van der Waals surface area contributed by atoms with Crippen LogP contribution in [-0.2, 0) is 12.4 Å². The Kier molecular flexibility index (Phi) is 6.47. The molecule has 0 aliphatic rings. The van der Waals surface area contributed by atoms with Crippen LogP contribution >= 0.6 is 23.1 Å². The van der Waals surface area contributed by atoms with Gasteiger partial charge in [0.2, 0.25) is 5.16 Å². The summed E-state index contributed by atoms with van der Waals surface area (Å²) in [5, 5.41) is 11.8. The van der Waals surface area contributed by atoms with Crippen molar-refractivity contribution in [3.63, 3.8) is 0 Å². The Balaban J connectivity index is 1.39. The Morgan fingerprint density at radius 2 is 2.00 bits per heavy atom. The zero-order valence-electron chi connectivity index (χ0n) is 17.5. The lowest BCUT2D eigenvalue weighted by atomic mass is 10.0. The van der Waals surface area contributed by atoms with Gasteiger partial charge in [-0.15, -0.1) is 21.5 Å². The number of rotatable bonds is 8. The maximum Gasteiger partial charge on any atom is 0.210 e. The first-order valence-corrected chi connectivity index (χ1v) is 11.6. The van der Waals surface area contributed by atoms with E-state index in [2.05, 4.69) is 51.1 Å². The molecule has 0 saturated heterocycles. The van der Waals surface area contributed by atoms with E-state index < -0.39 is 0 Å². The Labute approximate surface area is 188 Å². The van der Waals surface area contributed by atoms with Gasteiger partial charge in [-0.25, -0.2) is 19.6 Å². The molecule has 31 heavy (non-hydrogen) atoms. The molecule has 3 heterocycles. The van der Waals surface area contributed by atoms with Crippen LogP contribution < -0.4 is 10.6 Å². The summed E-state index contributed by atoms with van der Waals surface area (Å²) in [6.45, 7) is 6.58. The van der Waals surface area contributed by atoms with Gasteiger partial charge in [0.15, 0.2) is 16.7 Å². The number of nitrogens with two attached hydrogens (primary N) is 1. The fourth-order valence-corrected chi connectivity index (χ4v) is 4.55. The summed E-state index contributed by atoms with van der Waals surface area (Å²) < 4.78 is 7.51. The third kappa shape index (κ3) is 5.02. The minimum atomic E-state index is 0.249. The zero-order valence-corrected chi connectivity index (χ0v) is 19.2. The zero-order chi connectivity index (χ0) is 21.8. The molecule has 0 aliphatic heterocycles. The maximum atomic E-state index is 6.21. The van der Waals surface area contributed by atoms with Crippen LogP contribution in [0, 0.1) is 6.92 Å². The maximum absolute atomic E-state index is 6.21. The Morgan fingerprint density at radius 1 is 1.19 bits per heavy atom. The molecule has 0 atom stereocenters. The summed E-state index contributed by atoms with van der Waals surface area (Å²) >= 11 is 2.99. The molecule has 4 aromatic rings. The average molecular weight is 454 g/mol. The fourth-order valence-electron chi connectivity index (χ4n) is 2.91. The van der Waals surface area contributed by atoms with Crippen molar-refractivity contribution in [1.29, 1.82) is 0 Å². The lowest BCUT2D eigenvalue weighted by molar-refractivity contribution is 0.287. The van der Waals surface area contributed by atoms with E-state index in [1.165, 1.54) is 27.8 Å². The minimum absolute atomic E-state index is 0.249. The van der Waals surface area contributed by atoms with Crippen LogP contribution in [-0.4, -0.2) is 29.8 Å². The predicted molar refractivity (Wildman–Crippen MR) is 122 cm³/mol. The topological polar surface area (TPSA) is 105 Å². The van der Waals surface area contributed by atoms with E-state index in [1.807, 2.05) is 18.4 Å². The SMILES string of the molecule is Cc1ccc(C(C)C)c(OCc2nnc(SCc3csc(-c4ncccn4)n3)n2N)c1. The van der Waals surface area contributed by atoms with Crippen molar-refractivity contribution in [2.75, 3.05) is 5.84 Å². The lowest BCUT2D eigenvalue weighted by Crippen LogP contribution is -2.16. The number of benzene rings is 1. The number of thioether (sulfide) groups is 1. The van der Waals surface area contributed by atoms with E-state index in [9.17, 15) is 0 Å². The second kappa shape index (κ2) is 9.44. The van der Waals surface area contributed by atoms with Crippen LogP contribution in [0.3, 0.4) is 0 Å². The molecule has 0 fully saturated rings. The van der Waals surface area contributed by atoms with Gasteiger partial charge in [0.25, 0.3) is 0 Å². The molecule has 0 bridgehead atoms. The number of aryl methyl sites for hydroxylation is 1. The number of nitrogen functional groups attached to an aromatic ring is 1. The molecule has 4 rings (SSSR count). The van der Waals surface area contributed by atoms with Crippen LogP contribution in [0.4, 0.5) is 0 Å². The number of aromatic nitrogens is 6. The largest absolute Gasteiger partial charge is 0.485 e. The smallest absolute Gasteiger partial charge is 0.210 e. The predicted octanol–water partition coefficient (Wildman–Crippen LogP) is 4.21. The normalized spacial score (nSPS) is 11.2. The summed E-state index contributed by atoms with van der Waals surface area (Å²) in [7, 11) is 0. The number of hydrogen-bond donors (Lipinski definition) is 1. The van der Waals surface area contributed by atoms with Gasteiger partial charge in [-0.05, 0) is 36.1 Å². The molecular weight excluding hydrogens is 430 g/mol. The van der Waals surface area contributed by atoms with Crippen molar-refractivity contribution < 1.29 is 4.74 Å². The third-order valence-electron chi connectivity index (χ3n) is 4.54. The van der Waals surface area contributed by atoms with Crippen LogP contribution in [0.5, 0.6) is 5.75 Å². The molecule has 0 amide bonds. The van der Waals surface area contributed by atoms with E-state index in [-0.39, 0.29) is 6.61 Å². The van der Waals surface area contributed by atoms with E-state index in [0.29, 0.717) is 28.5 Å². The molecule has 8 nitrogen and oxygen atoms in total. The molecule has 0 saturated carbocycles. The van der Waals surface area contributed by atoms with Crippen molar-refractivity contribution >= 4 is 23.1 Å². The van der Waals surface area contributed by atoms with Gasteiger partial charge < -0.3 is 10.6 Å². The molecule has 0 aliphatic carbocycles. The quantitative estimate of drug-likeness (QED) is 0.312. The van der Waals surface area contributed by atoms with E-state index in [4.69, 9.17) is 10.6 Å². The highest BCUT2D eigenvalue weighted by Crippen LogP contribution is 2.29. The Hall–Kier alpha value is -2.98. The second-order valence-corrected chi connectivity index (χ2v) is 9.06. The fraction of sp³-hybridized carbons (Fsp3) is 0.286. The number of hydrogen-bond acceptors (Lipinski definition) is 9. The Morgan fingerprint density at radius 3 is 2.77 bits per heavy atom. The first kappa shape index (κ1) is 21.3. The van der Waals surface area contributed by atoms with Crippen molar-refractivity contribution in [2.24, 2.45) is 0 Å². The molecule has 0 radical (unpaired) electrons. The molecule has 2 N–H and O–H groups in total. The number of ether oxygens (including phenoxy) is 1. The van der Waals surface area contributed by atoms with Gasteiger partial charge in [0.05, 0.1) is 5.69 Å². The molecule has 0 unspecified atom stereocenters. The van der Waals surface area contributed by atoms with Gasteiger partial charge in [-0.3, -0.25) is 0 Å². The highest BCUT2D eigenvalue weighted by atomic mass is 32.2. The minimum Gasteiger partial charge on any atom is -0.485 e. The molecule has 1 aromatic carbocycles. The van der Waals surface area contributed by atoms with Gasteiger partial charge >= 0.3 is 0 Å². The van der Waals surface area contributed by atoms with E-state index in [1.54, 1.807) is 18.5 Å². The number of thiazole rings is 1. The first-order valence-electron chi connectivity index (χ1n) is 9.78. The first-order chi connectivity index (χ1) is 15.0. The standard InChI is InChI=1S/C21H23N7OS2/c1-13(2)16-6-5-14(3)9-17(16)29-10-18-26-27-21(28(18)22)31-12-15-11-30-20(25-15)19-23-7-4-8-24-19/h4-9,11,13H,10,12,22H2,1-3H3. The summed E-state index contributed by atoms with van der Waals surface area (Å²) in [5.41, 5.74) is 3.22. The van der Waals surface area contributed by atoms with Crippen molar-refractivity contribution in [3.05, 3.63) is 64.7 Å². The molecule has 3 aromatic heterocycles. The highest BCUT2D eigenvalue weighted by molar-refractivity contribution is 7.98. The second-order valence-electron chi connectivity index (χ2n) is 7.26. The molecular formula is C21H23N7OS2. The number of nitrogens with zero attached hydrogens (tertiary/aromatic N) is 6. The van der Waals surface area contributed by atoms with Gasteiger partial charge in [0.1, 0.15) is 12.4 Å². The summed E-state index contributed by atoms with van der Waals surface area (Å²) in [4.78, 5) is 13.1. The van der Waals surface area contributed by atoms with Gasteiger partial charge in [-0.2, -0.15) is 0 Å².